The molecule has 1 atom stereocenters. The molecule has 2 heterocycles. The zero-order valence-corrected chi connectivity index (χ0v) is 11.1. The summed E-state index contributed by atoms with van der Waals surface area (Å²) in [5.41, 5.74) is -0.847. The Morgan fingerprint density at radius 2 is 2.26 bits per heavy atom. The first-order valence-corrected chi connectivity index (χ1v) is 6.70. The summed E-state index contributed by atoms with van der Waals surface area (Å²) in [5, 5.41) is 8.50. The summed E-state index contributed by atoms with van der Waals surface area (Å²) in [6, 6.07) is -0.472. The first-order chi connectivity index (χ1) is 9.09. The van der Waals surface area contributed by atoms with Gasteiger partial charge in [0.05, 0.1) is 0 Å². The molecule has 2 fully saturated rings. The Labute approximate surface area is 112 Å². The molecule has 0 aromatic heterocycles. The van der Waals surface area contributed by atoms with Crippen LogP contribution >= 0.6 is 0 Å². The van der Waals surface area contributed by atoms with Crippen LogP contribution in [0.4, 0.5) is 4.79 Å². The SMILES string of the molecule is CCCNC(=O)CN1C(=O)NC2(CCCNC2)C1=O. The topological polar surface area (TPSA) is 90.5 Å². The standard InChI is InChI=1S/C12H20N4O3/c1-2-5-14-9(17)7-16-10(18)12(15-11(16)19)4-3-6-13-8-12/h13H,2-8H2,1H3,(H,14,17)(H,15,19). The van der Waals surface area contributed by atoms with Gasteiger partial charge in [-0.15, -0.1) is 0 Å². The predicted molar refractivity (Wildman–Crippen MR) is 68.4 cm³/mol. The zero-order chi connectivity index (χ0) is 13.9. The van der Waals surface area contributed by atoms with Gasteiger partial charge in [-0.05, 0) is 25.8 Å². The van der Waals surface area contributed by atoms with Crippen LogP contribution in [0.2, 0.25) is 0 Å². The lowest BCUT2D eigenvalue weighted by Crippen LogP contribution is -2.57. The van der Waals surface area contributed by atoms with Crippen LogP contribution in [0.3, 0.4) is 0 Å². The maximum atomic E-state index is 12.3. The molecular weight excluding hydrogens is 248 g/mol. The molecule has 0 saturated carbocycles. The zero-order valence-electron chi connectivity index (χ0n) is 11.1. The molecule has 7 nitrogen and oxygen atoms in total. The van der Waals surface area contributed by atoms with Crippen molar-refractivity contribution in [2.24, 2.45) is 0 Å². The van der Waals surface area contributed by atoms with Crippen molar-refractivity contribution in [1.29, 1.82) is 0 Å². The number of piperidine rings is 1. The van der Waals surface area contributed by atoms with Crippen LogP contribution in [0, 0.1) is 0 Å². The van der Waals surface area contributed by atoms with Gasteiger partial charge in [0.1, 0.15) is 12.1 Å². The molecule has 1 spiro atoms. The van der Waals surface area contributed by atoms with E-state index in [2.05, 4.69) is 16.0 Å². The van der Waals surface area contributed by atoms with E-state index in [1.54, 1.807) is 0 Å². The number of carbonyl (C=O) groups excluding carboxylic acids is 3. The molecule has 2 saturated heterocycles. The third-order valence-electron chi connectivity index (χ3n) is 3.50. The van der Waals surface area contributed by atoms with Gasteiger partial charge in [0.25, 0.3) is 5.91 Å². The summed E-state index contributed by atoms with van der Waals surface area (Å²) in [7, 11) is 0. The quantitative estimate of drug-likeness (QED) is 0.581. The van der Waals surface area contributed by atoms with Gasteiger partial charge in [0.2, 0.25) is 5.91 Å². The van der Waals surface area contributed by atoms with Gasteiger partial charge in [0, 0.05) is 13.1 Å². The number of rotatable bonds is 4. The van der Waals surface area contributed by atoms with Crippen molar-refractivity contribution >= 4 is 17.8 Å². The minimum Gasteiger partial charge on any atom is -0.355 e. The largest absolute Gasteiger partial charge is 0.355 e. The van der Waals surface area contributed by atoms with E-state index in [9.17, 15) is 14.4 Å². The summed E-state index contributed by atoms with van der Waals surface area (Å²) in [6.45, 7) is 3.57. The molecule has 19 heavy (non-hydrogen) atoms. The summed E-state index contributed by atoms with van der Waals surface area (Å²) < 4.78 is 0. The summed E-state index contributed by atoms with van der Waals surface area (Å²) >= 11 is 0. The summed E-state index contributed by atoms with van der Waals surface area (Å²) in [4.78, 5) is 36.8. The monoisotopic (exact) mass is 268 g/mol. The number of urea groups is 1. The predicted octanol–water partition coefficient (Wildman–Crippen LogP) is -0.813. The first-order valence-electron chi connectivity index (χ1n) is 6.70. The van der Waals surface area contributed by atoms with Crippen molar-refractivity contribution in [3.8, 4) is 0 Å². The van der Waals surface area contributed by atoms with Gasteiger partial charge in [-0.25, -0.2) is 4.79 Å². The van der Waals surface area contributed by atoms with Crippen LogP contribution in [-0.2, 0) is 9.59 Å². The molecule has 0 aromatic carbocycles. The van der Waals surface area contributed by atoms with Gasteiger partial charge >= 0.3 is 6.03 Å². The van der Waals surface area contributed by atoms with E-state index in [-0.39, 0.29) is 18.4 Å². The molecule has 0 bridgehead atoms. The molecule has 106 valence electrons. The van der Waals surface area contributed by atoms with E-state index >= 15 is 0 Å². The Balaban J connectivity index is 2.00. The number of hydrogen-bond donors (Lipinski definition) is 3. The van der Waals surface area contributed by atoms with Crippen LogP contribution in [0.1, 0.15) is 26.2 Å². The third kappa shape index (κ3) is 2.70. The van der Waals surface area contributed by atoms with Crippen molar-refractivity contribution in [1.82, 2.24) is 20.9 Å². The molecule has 4 amide bonds. The third-order valence-corrected chi connectivity index (χ3v) is 3.50. The molecular formula is C12H20N4O3. The molecule has 0 aliphatic carbocycles. The second kappa shape index (κ2) is 5.56. The molecule has 1 unspecified atom stereocenters. The van der Waals surface area contributed by atoms with Crippen LogP contribution < -0.4 is 16.0 Å². The summed E-state index contributed by atoms with van der Waals surface area (Å²) in [6.07, 6.45) is 2.28. The van der Waals surface area contributed by atoms with Crippen molar-refractivity contribution in [3.05, 3.63) is 0 Å². The fraction of sp³-hybridized carbons (Fsp3) is 0.750. The van der Waals surface area contributed by atoms with Crippen LogP contribution in [0.15, 0.2) is 0 Å². The van der Waals surface area contributed by atoms with E-state index < -0.39 is 11.6 Å². The highest BCUT2D eigenvalue weighted by Crippen LogP contribution is 2.24. The maximum Gasteiger partial charge on any atom is 0.325 e. The minimum absolute atomic E-state index is 0.202. The van der Waals surface area contributed by atoms with Gasteiger partial charge < -0.3 is 16.0 Å². The van der Waals surface area contributed by atoms with Crippen molar-refractivity contribution < 1.29 is 14.4 Å². The molecule has 3 N–H and O–H groups in total. The smallest absolute Gasteiger partial charge is 0.325 e. The highest BCUT2D eigenvalue weighted by atomic mass is 16.2. The van der Waals surface area contributed by atoms with Crippen molar-refractivity contribution in [2.45, 2.75) is 31.7 Å². The maximum absolute atomic E-state index is 12.3. The average Bonchev–Trinajstić information content (AvgIpc) is 2.62. The molecule has 2 aliphatic heterocycles. The van der Waals surface area contributed by atoms with E-state index in [0.29, 0.717) is 19.5 Å². The fourth-order valence-electron chi connectivity index (χ4n) is 2.48. The second-order valence-electron chi connectivity index (χ2n) is 5.03. The van der Waals surface area contributed by atoms with E-state index in [1.165, 1.54) is 0 Å². The van der Waals surface area contributed by atoms with E-state index in [4.69, 9.17) is 0 Å². The van der Waals surface area contributed by atoms with Crippen LogP contribution in [0.5, 0.6) is 0 Å². The Kier molecular flexibility index (Phi) is 4.04. The lowest BCUT2D eigenvalue weighted by atomic mass is 9.90. The highest BCUT2D eigenvalue weighted by Gasteiger charge is 2.51. The Morgan fingerprint density at radius 3 is 2.89 bits per heavy atom. The molecule has 0 radical (unpaired) electrons. The number of hydrogen-bond acceptors (Lipinski definition) is 4. The highest BCUT2D eigenvalue weighted by molar-refractivity contribution is 6.09. The number of nitrogens with one attached hydrogen (secondary N) is 3. The van der Waals surface area contributed by atoms with Gasteiger partial charge in [0.15, 0.2) is 0 Å². The normalized spacial score (nSPS) is 26.7. The number of amides is 4. The van der Waals surface area contributed by atoms with Gasteiger partial charge in [-0.2, -0.15) is 0 Å². The van der Waals surface area contributed by atoms with E-state index in [1.807, 2.05) is 6.92 Å². The van der Waals surface area contributed by atoms with Crippen LogP contribution in [-0.4, -0.2) is 54.5 Å². The minimum atomic E-state index is -0.847. The van der Waals surface area contributed by atoms with Crippen molar-refractivity contribution in [3.63, 3.8) is 0 Å². The first kappa shape index (κ1) is 13.8. The molecule has 7 heteroatoms. The van der Waals surface area contributed by atoms with Gasteiger partial charge in [-0.3, -0.25) is 14.5 Å². The Bertz CT molecular complexity index is 390. The Morgan fingerprint density at radius 1 is 1.47 bits per heavy atom. The Hall–Kier alpha value is -1.63. The molecule has 2 aliphatic rings. The molecule has 0 aromatic rings. The second-order valence-corrected chi connectivity index (χ2v) is 5.03. The lowest BCUT2D eigenvalue weighted by molar-refractivity contribution is -0.135. The number of nitrogens with zero attached hydrogens (tertiary/aromatic N) is 1. The fourth-order valence-corrected chi connectivity index (χ4v) is 2.48. The number of imide groups is 1. The summed E-state index contributed by atoms with van der Waals surface area (Å²) in [5.74, 6) is -0.595. The van der Waals surface area contributed by atoms with E-state index in [0.717, 1.165) is 24.3 Å². The van der Waals surface area contributed by atoms with Gasteiger partial charge in [-0.1, -0.05) is 6.92 Å². The average molecular weight is 268 g/mol. The molecule has 2 rings (SSSR count). The van der Waals surface area contributed by atoms with Crippen molar-refractivity contribution in [2.75, 3.05) is 26.2 Å². The van der Waals surface area contributed by atoms with Crippen LogP contribution in [0.25, 0.3) is 0 Å². The number of carbonyl (C=O) groups is 3. The lowest BCUT2D eigenvalue weighted by Gasteiger charge is -2.31.